The van der Waals surface area contributed by atoms with Crippen LogP contribution in [0.25, 0.3) is 0 Å². The average molecular weight is 400 g/mol. The lowest BCUT2D eigenvalue weighted by Crippen LogP contribution is -2.46. The van der Waals surface area contributed by atoms with E-state index in [4.69, 9.17) is 4.99 Å². The topological polar surface area (TPSA) is 42.9 Å². The molecule has 5 heteroatoms. The van der Waals surface area contributed by atoms with Gasteiger partial charge >= 0.3 is 0 Å². The second-order valence-electron chi connectivity index (χ2n) is 9.44. The van der Waals surface area contributed by atoms with E-state index in [9.17, 15) is 0 Å². The summed E-state index contributed by atoms with van der Waals surface area (Å²) in [5.74, 6) is 1.86. The largest absolute Gasteiger partial charge is 0.357 e. The highest BCUT2D eigenvalue weighted by atomic mass is 15.3. The maximum atomic E-state index is 5.04. The number of hydrogen-bond donors (Lipinski definition) is 2. The minimum atomic E-state index is -0.0649. The molecule has 0 spiro atoms. The maximum absolute atomic E-state index is 5.04. The minimum absolute atomic E-state index is 0.0649. The van der Waals surface area contributed by atoms with E-state index in [0.29, 0.717) is 6.04 Å². The zero-order valence-corrected chi connectivity index (χ0v) is 19.0. The summed E-state index contributed by atoms with van der Waals surface area (Å²) in [6.45, 7) is 16.7. The third kappa shape index (κ3) is 6.71. The van der Waals surface area contributed by atoms with E-state index in [1.165, 1.54) is 44.5 Å². The molecule has 1 aromatic rings. The molecule has 2 fully saturated rings. The Morgan fingerprint density at radius 3 is 2.59 bits per heavy atom. The zero-order chi connectivity index (χ0) is 20.7. The van der Waals surface area contributed by atoms with Crippen LogP contribution in [0.3, 0.4) is 0 Å². The Morgan fingerprint density at radius 2 is 1.90 bits per heavy atom. The standard InChI is InChI=1S/C24H41N5/c1-5-25-23(29-16-13-21(18-29)17-28-14-9-10-15-28)26-19-24(3,4)27-20(2)22-11-7-6-8-12-22/h6-8,11-12,20-21,27H,5,9-10,13-19H2,1-4H3,(H,25,26). The fourth-order valence-electron chi connectivity index (χ4n) is 4.66. The van der Waals surface area contributed by atoms with Crippen molar-refractivity contribution in [3.05, 3.63) is 35.9 Å². The van der Waals surface area contributed by atoms with Crippen molar-refractivity contribution >= 4 is 5.96 Å². The molecule has 29 heavy (non-hydrogen) atoms. The van der Waals surface area contributed by atoms with Crippen LogP contribution in [0.2, 0.25) is 0 Å². The van der Waals surface area contributed by atoms with Gasteiger partial charge in [0.05, 0.1) is 6.54 Å². The summed E-state index contributed by atoms with van der Waals surface area (Å²) in [6.07, 6.45) is 4.04. The first-order chi connectivity index (χ1) is 14.0. The minimum Gasteiger partial charge on any atom is -0.357 e. The van der Waals surface area contributed by atoms with Crippen LogP contribution >= 0.6 is 0 Å². The number of benzene rings is 1. The van der Waals surface area contributed by atoms with Gasteiger partial charge in [-0.1, -0.05) is 30.3 Å². The van der Waals surface area contributed by atoms with Gasteiger partial charge in [-0.25, -0.2) is 0 Å². The molecule has 2 saturated heterocycles. The molecule has 3 rings (SSSR count). The molecule has 0 aliphatic carbocycles. The molecule has 0 amide bonds. The Balaban J connectivity index is 1.55. The summed E-state index contributed by atoms with van der Waals surface area (Å²) < 4.78 is 0. The second kappa shape index (κ2) is 10.4. The lowest BCUT2D eigenvalue weighted by atomic mass is 10.0. The van der Waals surface area contributed by atoms with Crippen molar-refractivity contribution in [2.45, 2.75) is 58.5 Å². The van der Waals surface area contributed by atoms with E-state index in [0.717, 1.165) is 38.1 Å². The van der Waals surface area contributed by atoms with Crippen LogP contribution < -0.4 is 10.6 Å². The van der Waals surface area contributed by atoms with Crippen molar-refractivity contribution in [3.8, 4) is 0 Å². The van der Waals surface area contributed by atoms with E-state index in [1.54, 1.807) is 0 Å². The van der Waals surface area contributed by atoms with Crippen LogP contribution in [0.15, 0.2) is 35.3 Å². The average Bonchev–Trinajstić information content (AvgIpc) is 3.38. The fourth-order valence-corrected chi connectivity index (χ4v) is 4.66. The monoisotopic (exact) mass is 399 g/mol. The van der Waals surface area contributed by atoms with Gasteiger partial charge in [-0.05, 0) is 71.5 Å². The number of hydrogen-bond acceptors (Lipinski definition) is 3. The van der Waals surface area contributed by atoms with Crippen molar-refractivity contribution in [2.75, 3.05) is 45.8 Å². The number of nitrogens with zero attached hydrogens (tertiary/aromatic N) is 3. The van der Waals surface area contributed by atoms with Gasteiger partial charge in [0.2, 0.25) is 0 Å². The zero-order valence-electron chi connectivity index (χ0n) is 19.0. The van der Waals surface area contributed by atoms with Crippen molar-refractivity contribution in [2.24, 2.45) is 10.9 Å². The Hall–Kier alpha value is -1.59. The summed E-state index contributed by atoms with van der Waals surface area (Å²) in [7, 11) is 0. The van der Waals surface area contributed by atoms with Gasteiger partial charge in [-0.3, -0.25) is 4.99 Å². The van der Waals surface area contributed by atoms with Gasteiger partial charge in [0, 0.05) is 37.8 Å². The first-order valence-corrected chi connectivity index (χ1v) is 11.5. The van der Waals surface area contributed by atoms with Crippen LogP contribution in [-0.4, -0.2) is 67.1 Å². The molecule has 0 saturated carbocycles. The maximum Gasteiger partial charge on any atom is 0.193 e. The molecule has 2 aliphatic heterocycles. The Bertz CT molecular complexity index is 636. The number of rotatable bonds is 8. The van der Waals surface area contributed by atoms with Gasteiger partial charge in [0.1, 0.15) is 0 Å². The van der Waals surface area contributed by atoms with E-state index in [-0.39, 0.29) is 5.54 Å². The highest BCUT2D eigenvalue weighted by molar-refractivity contribution is 5.80. The lowest BCUT2D eigenvalue weighted by Gasteiger charge is -2.30. The van der Waals surface area contributed by atoms with Gasteiger partial charge in [-0.15, -0.1) is 0 Å². The molecule has 0 bridgehead atoms. The van der Waals surface area contributed by atoms with E-state index >= 15 is 0 Å². The predicted molar refractivity (Wildman–Crippen MR) is 123 cm³/mol. The summed E-state index contributed by atoms with van der Waals surface area (Å²) in [4.78, 5) is 10.2. The molecule has 2 unspecified atom stereocenters. The summed E-state index contributed by atoms with van der Waals surface area (Å²) in [5.41, 5.74) is 1.26. The number of nitrogens with one attached hydrogen (secondary N) is 2. The van der Waals surface area contributed by atoms with Crippen LogP contribution in [-0.2, 0) is 0 Å². The molecule has 2 atom stereocenters. The molecule has 2 heterocycles. The normalized spacial score (nSPS) is 22.3. The highest BCUT2D eigenvalue weighted by Crippen LogP contribution is 2.21. The van der Waals surface area contributed by atoms with Gasteiger partial charge in [-0.2, -0.15) is 0 Å². The number of guanidine groups is 1. The fraction of sp³-hybridized carbons (Fsp3) is 0.708. The van der Waals surface area contributed by atoms with Crippen molar-refractivity contribution in [1.82, 2.24) is 20.4 Å². The Morgan fingerprint density at radius 1 is 1.17 bits per heavy atom. The Labute approximate surface area is 178 Å². The van der Waals surface area contributed by atoms with Crippen molar-refractivity contribution in [3.63, 3.8) is 0 Å². The molecule has 2 N–H and O–H groups in total. The second-order valence-corrected chi connectivity index (χ2v) is 9.44. The van der Waals surface area contributed by atoms with Crippen LogP contribution in [0.1, 0.15) is 58.6 Å². The van der Waals surface area contributed by atoms with E-state index in [1.807, 2.05) is 0 Å². The third-order valence-electron chi connectivity index (χ3n) is 6.17. The van der Waals surface area contributed by atoms with Crippen LogP contribution in [0, 0.1) is 5.92 Å². The smallest absolute Gasteiger partial charge is 0.193 e. The molecular formula is C24H41N5. The van der Waals surface area contributed by atoms with Crippen molar-refractivity contribution in [1.29, 1.82) is 0 Å². The summed E-state index contributed by atoms with van der Waals surface area (Å²) >= 11 is 0. The summed E-state index contributed by atoms with van der Waals surface area (Å²) in [5, 5.41) is 7.29. The molecule has 0 aromatic heterocycles. The number of likely N-dealkylation sites (tertiary alicyclic amines) is 2. The van der Waals surface area contributed by atoms with E-state index < -0.39 is 0 Å². The first-order valence-electron chi connectivity index (χ1n) is 11.5. The predicted octanol–water partition coefficient (Wildman–Crippen LogP) is 3.50. The molecular weight excluding hydrogens is 358 g/mol. The summed E-state index contributed by atoms with van der Waals surface area (Å²) in [6, 6.07) is 11.0. The Kier molecular flexibility index (Phi) is 7.96. The molecule has 1 aromatic carbocycles. The molecule has 2 aliphatic rings. The first kappa shape index (κ1) is 22.1. The van der Waals surface area contributed by atoms with Gasteiger partial charge in [0.15, 0.2) is 5.96 Å². The number of aliphatic imine (C=N–C) groups is 1. The van der Waals surface area contributed by atoms with Crippen molar-refractivity contribution < 1.29 is 0 Å². The molecule has 5 nitrogen and oxygen atoms in total. The van der Waals surface area contributed by atoms with Crippen LogP contribution in [0.5, 0.6) is 0 Å². The SMILES string of the molecule is CCNC(=NCC(C)(C)NC(C)c1ccccc1)N1CCC(CN2CCCC2)C1. The molecule has 162 valence electrons. The lowest BCUT2D eigenvalue weighted by molar-refractivity contribution is 0.281. The molecule has 0 radical (unpaired) electrons. The van der Waals surface area contributed by atoms with Gasteiger partial charge < -0.3 is 20.4 Å². The highest BCUT2D eigenvalue weighted by Gasteiger charge is 2.28. The van der Waals surface area contributed by atoms with E-state index in [2.05, 4.69) is 78.5 Å². The van der Waals surface area contributed by atoms with Crippen LogP contribution in [0.4, 0.5) is 0 Å². The quantitative estimate of drug-likeness (QED) is 0.519. The third-order valence-corrected chi connectivity index (χ3v) is 6.17. The van der Waals surface area contributed by atoms with Gasteiger partial charge in [0.25, 0.3) is 0 Å².